The maximum Gasteiger partial charge on any atom is 0.305 e. The van der Waals surface area contributed by atoms with Crippen LogP contribution in [0.15, 0.2) is 24.3 Å². The Kier molecular flexibility index (Phi) is 71.4. The normalized spacial score (nSPS) is 12.6. The number of ether oxygens (including phenoxy) is 1. The van der Waals surface area contributed by atoms with Gasteiger partial charge in [0, 0.05) is 12.8 Å². The summed E-state index contributed by atoms with van der Waals surface area (Å²) in [5.41, 5.74) is 0. The van der Waals surface area contributed by atoms with Gasteiger partial charge in [-0.1, -0.05) is 391 Å². The molecule has 0 heterocycles. The summed E-state index contributed by atoms with van der Waals surface area (Å²) in [4.78, 5) is 24.6. The highest BCUT2D eigenvalue weighted by Gasteiger charge is 2.18. The minimum absolute atomic E-state index is 0.00999. The van der Waals surface area contributed by atoms with Crippen LogP contribution in [0.1, 0.15) is 431 Å². The standard InChI is InChI=1S/C77H149NO5/c1-3-5-7-9-11-13-15-16-17-18-19-20-21-31-34-37-40-43-46-50-53-57-61-65-69-75(80)74(73-79)78-76(81)70-66-62-58-54-51-47-44-41-38-35-32-29-27-25-23-22-24-26-28-30-33-36-39-42-45-48-52-56-60-64-68-72-83-77(82)71-67-63-59-55-49-14-12-10-8-6-4-2/h10,12,65,69,74-75,79-80H,3-9,11,13-64,66-68,70-73H2,1-2H3,(H,78,81)/b12-10-,69-65+. The number of aliphatic hydroxyl groups is 2. The summed E-state index contributed by atoms with van der Waals surface area (Å²) in [5, 5.41) is 23.3. The fraction of sp³-hybridized carbons (Fsp3) is 0.922. The van der Waals surface area contributed by atoms with Gasteiger partial charge in [-0.15, -0.1) is 0 Å². The fourth-order valence-electron chi connectivity index (χ4n) is 12.2. The monoisotopic (exact) mass is 1170 g/mol. The predicted octanol–water partition coefficient (Wildman–Crippen LogP) is 24.9. The van der Waals surface area contributed by atoms with Crippen molar-refractivity contribution >= 4 is 11.9 Å². The van der Waals surface area contributed by atoms with Crippen molar-refractivity contribution in [2.24, 2.45) is 0 Å². The number of allylic oxidation sites excluding steroid dienone is 3. The molecule has 0 saturated carbocycles. The summed E-state index contributed by atoms with van der Waals surface area (Å²) in [6, 6.07) is -0.626. The van der Waals surface area contributed by atoms with Crippen LogP contribution in [0.2, 0.25) is 0 Å². The molecule has 0 aromatic heterocycles. The average molecular weight is 1170 g/mol. The molecule has 3 N–H and O–H groups in total. The number of aliphatic hydroxyl groups excluding tert-OH is 2. The van der Waals surface area contributed by atoms with Crippen LogP contribution in [-0.2, 0) is 14.3 Å². The molecule has 83 heavy (non-hydrogen) atoms. The van der Waals surface area contributed by atoms with E-state index in [1.165, 1.54) is 360 Å². The first kappa shape index (κ1) is 81.3. The molecule has 0 fully saturated rings. The van der Waals surface area contributed by atoms with Gasteiger partial charge in [-0.05, 0) is 51.4 Å². The molecule has 492 valence electrons. The van der Waals surface area contributed by atoms with E-state index in [1.54, 1.807) is 6.08 Å². The van der Waals surface area contributed by atoms with Crippen molar-refractivity contribution in [3.8, 4) is 0 Å². The Morgan fingerprint density at radius 1 is 0.325 bits per heavy atom. The van der Waals surface area contributed by atoms with Crippen molar-refractivity contribution < 1.29 is 24.5 Å². The number of carbonyl (C=O) groups is 2. The van der Waals surface area contributed by atoms with Gasteiger partial charge in [-0.3, -0.25) is 9.59 Å². The Bertz CT molecular complexity index is 1300. The number of hydrogen-bond donors (Lipinski definition) is 3. The average Bonchev–Trinajstić information content (AvgIpc) is 3.49. The second kappa shape index (κ2) is 72.8. The van der Waals surface area contributed by atoms with Crippen LogP contribution in [0.5, 0.6) is 0 Å². The van der Waals surface area contributed by atoms with Crippen LogP contribution in [0.4, 0.5) is 0 Å². The minimum Gasteiger partial charge on any atom is -0.466 e. The maximum atomic E-state index is 12.5. The van der Waals surface area contributed by atoms with E-state index >= 15 is 0 Å². The van der Waals surface area contributed by atoms with E-state index in [-0.39, 0.29) is 18.5 Å². The summed E-state index contributed by atoms with van der Waals surface area (Å²) < 4.78 is 5.47. The van der Waals surface area contributed by atoms with E-state index in [0.29, 0.717) is 19.4 Å². The molecule has 0 aliphatic heterocycles. The summed E-state index contributed by atoms with van der Waals surface area (Å²) >= 11 is 0. The largest absolute Gasteiger partial charge is 0.466 e. The molecular formula is C77H149NO5. The minimum atomic E-state index is -0.843. The Hall–Kier alpha value is -1.66. The van der Waals surface area contributed by atoms with E-state index in [4.69, 9.17) is 4.74 Å². The Morgan fingerprint density at radius 2 is 0.578 bits per heavy atom. The molecule has 1 amide bonds. The van der Waals surface area contributed by atoms with E-state index in [0.717, 1.165) is 44.9 Å². The van der Waals surface area contributed by atoms with E-state index in [2.05, 4.69) is 31.3 Å². The summed E-state index contributed by atoms with van der Waals surface area (Å²) in [6.45, 7) is 4.91. The molecule has 0 rings (SSSR count). The van der Waals surface area contributed by atoms with Crippen molar-refractivity contribution in [1.29, 1.82) is 0 Å². The maximum absolute atomic E-state index is 12.5. The zero-order valence-corrected chi connectivity index (χ0v) is 56.5. The highest BCUT2D eigenvalue weighted by atomic mass is 16.5. The summed E-state index contributed by atoms with van der Waals surface area (Å²) in [5.74, 6) is -0.0487. The molecule has 0 aliphatic rings. The third-order valence-electron chi connectivity index (χ3n) is 18.0. The predicted molar refractivity (Wildman–Crippen MR) is 366 cm³/mol. The Balaban J connectivity index is 3.36. The molecule has 6 heteroatoms. The summed E-state index contributed by atoms with van der Waals surface area (Å²) in [7, 11) is 0. The van der Waals surface area contributed by atoms with Crippen molar-refractivity contribution in [2.45, 2.75) is 443 Å². The zero-order valence-electron chi connectivity index (χ0n) is 56.5. The lowest BCUT2D eigenvalue weighted by atomic mass is 10.0. The first-order valence-electron chi connectivity index (χ1n) is 38.1. The van der Waals surface area contributed by atoms with Crippen LogP contribution in [-0.4, -0.2) is 47.4 Å². The molecule has 0 aliphatic carbocycles. The molecule has 2 unspecified atom stereocenters. The van der Waals surface area contributed by atoms with Crippen molar-refractivity contribution in [2.75, 3.05) is 13.2 Å². The lowest BCUT2D eigenvalue weighted by molar-refractivity contribution is -0.143. The molecule has 0 spiro atoms. The van der Waals surface area contributed by atoms with Gasteiger partial charge in [0.15, 0.2) is 0 Å². The first-order chi connectivity index (χ1) is 41.0. The van der Waals surface area contributed by atoms with Crippen molar-refractivity contribution in [3.05, 3.63) is 24.3 Å². The van der Waals surface area contributed by atoms with Crippen LogP contribution in [0.25, 0.3) is 0 Å². The van der Waals surface area contributed by atoms with Gasteiger partial charge in [0.2, 0.25) is 5.91 Å². The molecule has 6 nitrogen and oxygen atoms in total. The number of amides is 1. The van der Waals surface area contributed by atoms with E-state index in [1.807, 2.05) is 6.08 Å². The van der Waals surface area contributed by atoms with Gasteiger partial charge < -0.3 is 20.3 Å². The molecule has 2 atom stereocenters. The quantitative estimate of drug-likeness (QED) is 0.0320. The number of unbranched alkanes of at least 4 members (excludes halogenated alkanes) is 59. The lowest BCUT2D eigenvalue weighted by Gasteiger charge is -2.20. The zero-order chi connectivity index (χ0) is 59.9. The molecular weight excluding hydrogens is 1020 g/mol. The highest BCUT2D eigenvalue weighted by Crippen LogP contribution is 2.20. The van der Waals surface area contributed by atoms with Gasteiger partial charge in [-0.2, -0.15) is 0 Å². The number of rotatable bonds is 72. The third-order valence-corrected chi connectivity index (χ3v) is 18.0. The molecule has 0 bridgehead atoms. The number of hydrogen-bond acceptors (Lipinski definition) is 5. The van der Waals surface area contributed by atoms with E-state index < -0.39 is 12.1 Å². The third kappa shape index (κ3) is 69.3. The molecule has 0 aromatic carbocycles. The summed E-state index contributed by atoms with van der Waals surface area (Å²) in [6.07, 6.45) is 92.9. The van der Waals surface area contributed by atoms with Crippen molar-refractivity contribution in [1.82, 2.24) is 5.32 Å². The van der Waals surface area contributed by atoms with Crippen LogP contribution in [0, 0.1) is 0 Å². The van der Waals surface area contributed by atoms with Crippen LogP contribution in [0.3, 0.4) is 0 Å². The Morgan fingerprint density at radius 3 is 0.892 bits per heavy atom. The lowest BCUT2D eigenvalue weighted by Crippen LogP contribution is -2.45. The highest BCUT2D eigenvalue weighted by molar-refractivity contribution is 5.76. The molecule has 0 aromatic rings. The van der Waals surface area contributed by atoms with Crippen LogP contribution < -0.4 is 5.32 Å². The second-order valence-electron chi connectivity index (χ2n) is 26.3. The molecule has 0 radical (unpaired) electrons. The number of carbonyl (C=O) groups excluding carboxylic acids is 2. The van der Waals surface area contributed by atoms with Gasteiger partial charge in [0.05, 0.1) is 25.4 Å². The van der Waals surface area contributed by atoms with Gasteiger partial charge in [0.1, 0.15) is 0 Å². The first-order valence-corrected chi connectivity index (χ1v) is 38.1. The van der Waals surface area contributed by atoms with Gasteiger partial charge >= 0.3 is 5.97 Å². The Labute approximate surface area is 520 Å². The fourth-order valence-corrected chi connectivity index (χ4v) is 12.2. The molecule has 0 saturated heterocycles. The van der Waals surface area contributed by atoms with Crippen LogP contribution >= 0.6 is 0 Å². The SMILES string of the molecule is CCCC/C=C\CCCCCCCC(=O)OCCCCCCCCCCCCCCCCCCCCCCCCCCCCCCCCCC(=O)NC(CO)C(O)/C=C/CCCCCCCCCCCCCCCCCCCCCCCC. The van der Waals surface area contributed by atoms with E-state index in [9.17, 15) is 19.8 Å². The van der Waals surface area contributed by atoms with Gasteiger partial charge in [-0.25, -0.2) is 0 Å². The van der Waals surface area contributed by atoms with Crippen molar-refractivity contribution in [3.63, 3.8) is 0 Å². The topological polar surface area (TPSA) is 95.9 Å². The number of nitrogens with one attached hydrogen (secondary N) is 1. The van der Waals surface area contributed by atoms with Gasteiger partial charge in [0.25, 0.3) is 0 Å². The number of esters is 1. The second-order valence-corrected chi connectivity index (χ2v) is 26.3. The smallest absolute Gasteiger partial charge is 0.305 e.